The average Bonchev–Trinajstić information content (AvgIpc) is 3.43. The topological polar surface area (TPSA) is 105 Å². The molecule has 0 saturated heterocycles. The van der Waals surface area contributed by atoms with Crippen LogP contribution in [-0.2, 0) is 18.4 Å². The molecule has 0 rings (SSSR count). The Morgan fingerprint density at radius 2 is 0.654 bits per heavy atom. The summed E-state index contributed by atoms with van der Waals surface area (Å²) in [6, 6.07) is -0.844. The van der Waals surface area contributed by atoms with Crippen molar-refractivity contribution < 1.29 is 32.9 Å². The van der Waals surface area contributed by atoms with E-state index >= 15 is 0 Å². The van der Waals surface area contributed by atoms with Crippen LogP contribution in [0.4, 0.5) is 0 Å². The molecule has 0 aliphatic rings. The molecule has 0 saturated carbocycles. The van der Waals surface area contributed by atoms with Gasteiger partial charge in [-0.05, 0) is 19.3 Å². The molecule has 0 fully saturated rings. The van der Waals surface area contributed by atoms with E-state index in [2.05, 4.69) is 19.2 Å². The second kappa shape index (κ2) is 63.7. The summed E-state index contributed by atoms with van der Waals surface area (Å²) in [7, 11) is 1.60. The summed E-state index contributed by atoms with van der Waals surface area (Å²) < 4.78 is 23.8. The lowest BCUT2D eigenvalue weighted by molar-refractivity contribution is -0.870. The van der Waals surface area contributed by atoms with Crippen molar-refractivity contribution in [2.75, 3.05) is 40.9 Å². The van der Waals surface area contributed by atoms with Gasteiger partial charge in [0, 0.05) is 6.42 Å². The molecule has 484 valence electrons. The highest BCUT2D eigenvalue weighted by molar-refractivity contribution is 7.47. The molecule has 8 nitrogen and oxygen atoms in total. The Morgan fingerprint density at radius 1 is 0.407 bits per heavy atom. The first-order chi connectivity index (χ1) is 39.5. The van der Waals surface area contributed by atoms with Crippen LogP contribution in [-0.4, -0.2) is 73.4 Å². The van der Waals surface area contributed by atoms with Gasteiger partial charge >= 0.3 is 7.82 Å². The molecule has 0 aliphatic heterocycles. The molecule has 81 heavy (non-hydrogen) atoms. The lowest BCUT2D eigenvalue weighted by Crippen LogP contribution is -2.45. The number of carbonyl (C=O) groups excluding carboxylic acids is 1. The Kier molecular flexibility index (Phi) is 63.1. The van der Waals surface area contributed by atoms with Gasteiger partial charge in [-0.3, -0.25) is 13.8 Å². The van der Waals surface area contributed by atoms with E-state index in [0.29, 0.717) is 17.4 Å². The highest BCUT2D eigenvalue weighted by Crippen LogP contribution is 2.43. The lowest BCUT2D eigenvalue weighted by atomic mass is 10.0. The number of phosphoric acid groups is 1. The third-order valence-corrected chi connectivity index (χ3v) is 18.2. The molecule has 0 aliphatic carbocycles. The van der Waals surface area contributed by atoms with E-state index in [1.807, 2.05) is 27.2 Å². The summed E-state index contributed by atoms with van der Waals surface area (Å²) in [5, 5.41) is 14.0. The Bertz CT molecular complexity index is 1320. The molecule has 0 heterocycles. The van der Waals surface area contributed by atoms with Crippen LogP contribution in [0.15, 0.2) is 12.2 Å². The van der Waals surface area contributed by atoms with Crippen molar-refractivity contribution in [2.45, 2.75) is 405 Å². The third kappa shape index (κ3) is 66.6. The second-order valence-corrected chi connectivity index (χ2v) is 28.1. The molecule has 1 amide bonds. The van der Waals surface area contributed by atoms with E-state index in [9.17, 15) is 19.4 Å². The van der Waals surface area contributed by atoms with E-state index in [4.69, 9.17) is 9.05 Å². The number of allylic oxidation sites excluding steroid dienone is 1. The molecule has 0 bridgehead atoms. The van der Waals surface area contributed by atoms with Gasteiger partial charge in [0.25, 0.3) is 0 Å². The second-order valence-electron chi connectivity index (χ2n) is 26.7. The summed E-state index contributed by atoms with van der Waals surface area (Å²) in [4.78, 5) is 23.4. The number of phosphoric ester groups is 1. The van der Waals surface area contributed by atoms with Crippen LogP contribution in [0, 0.1) is 0 Å². The Morgan fingerprint density at radius 3 is 0.914 bits per heavy atom. The van der Waals surface area contributed by atoms with Crippen molar-refractivity contribution in [3.05, 3.63) is 12.2 Å². The van der Waals surface area contributed by atoms with Crippen LogP contribution in [0.1, 0.15) is 393 Å². The Labute approximate surface area is 507 Å². The summed E-state index contributed by atoms with van der Waals surface area (Å²) in [6.07, 6.45) is 82.3. The third-order valence-electron chi connectivity index (χ3n) is 17.3. The van der Waals surface area contributed by atoms with Crippen LogP contribution < -0.4 is 5.32 Å². The highest BCUT2D eigenvalue weighted by atomic mass is 31.2. The molecule has 0 aromatic carbocycles. The quantitative estimate of drug-likeness (QED) is 0.0243. The number of likely N-dealkylation sites (N-methyl/N-ethyl adjacent to an activating group) is 1. The van der Waals surface area contributed by atoms with Gasteiger partial charge in [-0.2, -0.15) is 0 Å². The van der Waals surface area contributed by atoms with Gasteiger partial charge in [0.05, 0.1) is 39.9 Å². The highest BCUT2D eigenvalue weighted by Gasteiger charge is 2.28. The largest absolute Gasteiger partial charge is 0.472 e. The van der Waals surface area contributed by atoms with Gasteiger partial charge in [0.1, 0.15) is 13.2 Å². The van der Waals surface area contributed by atoms with Crippen LogP contribution in [0.5, 0.6) is 0 Å². The number of hydrogen-bond donors (Lipinski definition) is 3. The smallest absolute Gasteiger partial charge is 0.387 e. The van der Waals surface area contributed by atoms with Crippen molar-refractivity contribution in [3.8, 4) is 0 Å². The number of unbranched alkanes of at least 4 members (excludes halogenated alkanes) is 56. The van der Waals surface area contributed by atoms with E-state index in [1.165, 1.54) is 340 Å². The monoisotopic (exact) mass is 1170 g/mol. The van der Waals surface area contributed by atoms with Crippen molar-refractivity contribution in [1.29, 1.82) is 0 Å². The van der Waals surface area contributed by atoms with Crippen molar-refractivity contribution in [2.24, 2.45) is 0 Å². The first-order valence-corrected chi connectivity index (χ1v) is 38.1. The average molecular weight is 1170 g/mol. The maximum atomic E-state index is 13.1. The minimum Gasteiger partial charge on any atom is -0.387 e. The Hall–Kier alpha value is -0.760. The minimum atomic E-state index is -4.35. The normalized spacial score (nSPS) is 13.6. The SMILES string of the molecule is CCCCCCCCCCCCCCCCCCCCCCCCCCC/C=C/C(O)C(COP(=O)(O)OCC[N+](C)(C)C)NC(=O)CCCCCCCCCCCCCCCCCCCCCCCCCCCCCCCCCC. The fraction of sp³-hybridized carbons (Fsp3) is 0.958. The van der Waals surface area contributed by atoms with E-state index in [1.54, 1.807) is 6.08 Å². The van der Waals surface area contributed by atoms with Gasteiger partial charge in [-0.15, -0.1) is 0 Å². The number of quaternary nitrogens is 1. The van der Waals surface area contributed by atoms with Crippen LogP contribution in [0.25, 0.3) is 0 Å². The predicted octanol–water partition coefficient (Wildman–Crippen LogP) is 23.3. The van der Waals surface area contributed by atoms with E-state index in [0.717, 1.165) is 32.1 Å². The lowest BCUT2D eigenvalue weighted by Gasteiger charge is -2.25. The summed E-state index contributed by atoms with van der Waals surface area (Å²) in [6.45, 7) is 4.89. The van der Waals surface area contributed by atoms with Gasteiger partial charge in [0.15, 0.2) is 0 Å². The molecule has 3 unspecified atom stereocenters. The predicted molar refractivity (Wildman–Crippen MR) is 355 cm³/mol. The summed E-state index contributed by atoms with van der Waals surface area (Å²) in [5.41, 5.74) is 0. The number of rotatable bonds is 69. The molecule has 0 aromatic rings. The molecule has 0 radical (unpaired) electrons. The number of carbonyl (C=O) groups is 1. The van der Waals surface area contributed by atoms with Crippen LogP contribution in [0.2, 0.25) is 0 Å². The zero-order chi connectivity index (χ0) is 59.1. The first-order valence-electron chi connectivity index (χ1n) is 36.6. The van der Waals surface area contributed by atoms with Crippen molar-refractivity contribution in [3.63, 3.8) is 0 Å². The Balaban J connectivity index is 3.99. The van der Waals surface area contributed by atoms with Crippen LogP contribution >= 0.6 is 7.82 Å². The first kappa shape index (κ1) is 80.2. The van der Waals surface area contributed by atoms with Gasteiger partial charge in [-0.1, -0.05) is 379 Å². The maximum Gasteiger partial charge on any atom is 0.472 e. The fourth-order valence-electron chi connectivity index (χ4n) is 11.6. The maximum absolute atomic E-state index is 13.1. The molecule has 3 N–H and O–H groups in total. The van der Waals surface area contributed by atoms with Crippen LogP contribution in [0.3, 0.4) is 0 Å². The number of nitrogens with one attached hydrogen (secondary N) is 1. The molecular formula is C72H146N2O6P+. The molecule has 0 aromatic heterocycles. The standard InChI is InChI=1S/C72H145N2O6P/c1-6-8-10-12-14-16-18-20-22-24-26-28-30-32-34-35-36-37-38-40-42-44-46-48-50-52-54-56-58-60-62-64-66-72(76)73-70(69-80-81(77,78)79-68-67-74(3,4)5)71(75)65-63-61-59-57-55-53-51-49-47-45-43-41-39-33-31-29-27-25-23-21-19-17-15-13-11-9-7-2/h63,65,70-71,75H,6-62,64,66-69H2,1-5H3,(H-,73,76,77,78)/p+1/b65-63+. The minimum absolute atomic E-state index is 0.0656. The number of aliphatic hydroxyl groups excluding tert-OH is 1. The van der Waals surface area contributed by atoms with Crippen molar-refractivity contribution in [1.82, 2.24) is 5.32 Å². The summed E-state index contributed by atoms with van der Waals surface area (Å²) in [5.74, 6) is -0.166. The number of nitrogens with zero attached hydrogens (tertiary/aromatic N) is 1. The molecule has 3 atom stereocenters. The van der Waals surface area contributed by atoms with Gasteiger partial charge in [-0.25, -0.2) is 4.57 Å². The fourth-order valence-corrected chi connectivity index (χ4v) is 12.3. The van der Waals surface area contributed by atoms with Crippen molar-refractivity contribution >= 4 is 13.7 Å². The summed E-state index contributed by atoms with van der Waals surface area (Å²) >= 11 is 0. The molecule has 9 heteroatoms. The van der Waals surface area contributed by atoms with E-state index in [-0.39, 0.29) is 19.1 Å². The van der Waals surface area contributed by atoms with Gasteiger partial charge in [0.2, 0.25) is 5.91 Å². The van der Waals surface area contributed by atoms with E-state index < -0.39 is 20.0 Å². The molecular weight excluding hydrogens is 1020 g/mol. The number of amides is 1. The molecule has 0 spiro atoms. The zero-order valence-corrected chi connectivity index (χ0v) is 56.5. The number of hydrogen-bond acceptors (Lipinski definition) is 5. The zero-order valence-electron chi connectivity index (χ0n) is 55.6. The number of aliphatic hydroxyl groups is 1. The van der Waals surface area contributed by atoms with Gasteiger partial charge < -0.3 is 19.8 Å².